The van der Waals surface area contributed by atoms with Gasteiger partial charge in [-0.1, -0.05) is 32.9 Å². The van der Waals surface area contributed by atoms with Crippen molar-refractivity contribution in [2.24, 2.45) is 0 Å². The summed E-state index contributed by atoms with van der Waals surface area (Å²) in [4.78, 5) is 20.8. The molecule has 0 aliphatic heterocycles. The molecule has 1 aromatic heterocycles. The summed E-state index contributed by atoms with van der Waals surface area (Å²) in [6.07, 6.45) is 0. The second-order valence-corrected chi connectivity index (χ2v) is 6.36. The summed E-state index contributed by atoms with van der Waals surface area (Å²) < 4.78 is 0. The van der Waals surface area contributed by atoms with Crippen LogP contribution in [0.15, 0.2) is 34.0 Å². The normalized spacial score (nSPS) is 11.1. The van der Waals surface area contributed by atoms with Gasteiger partial charge in [0, 0.05) is 21.7 Å². The van der Waals surface area contributed by atoms with Crippen LogP contribution in [0.3, 0.4) is 0 Å². The van der Waals surface area contributed by atoms with E-state index >= 15 is 0 Å². The van der Waals surface area contributed by atoms with Crippen LogP contribution in [0.25, 0.3) is 11.4 Å². The number of hydrogen-bond acceptors (Lipinski definition) is 3. The van der Waals surface area contributed by atoms with Crippen LogP contribution in [-0.2, 0) is 0 Å². The van der Waals surface area contributed by atoms with Crippen molar-refractivity contribution >= 4 is 11.8 Å². The van der Waals surface area contributed by atoms with Gasteiger partial charge in [-0.3, -0.25) is 4.79 Å². The molecule has 4 heteroatoms. The Morgan fingerprint density at radius 1 is 1.25 bits per heavy atom. The molecule has 0 unspecified atom stereocenters. The number of rotatable bonds is 4. The zero-order valence-corrected chi connectivity index (χ0v) is 13.2. The van der Waals surface area contributed by atoms with E-state index in [1.54, 1.807) is 11.8 Å². The third kappa shape index (κ3) is 3.12. The van der Waals surface area contributed by atoms with E-state index in [9.17, 15) is 4.79 Å². The smallest absolute Gasteiger partial charge is 0.254 e. The van der Waals surface area contributed by atoms with Gasteiger partial charge in [0.05, 0.1) is 0 Å². The minimum atomic E-state index is -0.0329. The highest BCUT2D eigenvalue weighted by Crippen LogP contribution is 2.22. The topological polar surface area (TPSA) is 45.8 Å². The fourth-order valence-corrected chi connectivity index (χ4v) is 2.95. The van der Waals surface area contributed by atoms with Gasteiger partial charge in [-0.05, 0) is 30.7 Å². The minimum Gasteiger partial charge on any atom is -0.306 e. The van der Waals surface area contributed by atoms with E-state index in [2.05, 4.69) is 29.0 Å². The standard InChI is InChI=1S/C16H20N2OS/c1-5-20-13-8-6-12(7-9-13)15-17-11(4)14(10(2)3)16(19)18-15/h6-10H,5H2,1-4H3,(H,17,18,19). The number of benzene rings is 1. The molecular formula is C16H20N2OS. The predicted molar refractivity (Wildman–Crippen MR) is 85.5 cm³/mol. The fraction of sp³-hybridized carbons (Fsp3) is 0.375. The van der Waals surface area contributed by atoms with Crippen molar-refractivity contribution in [3.05, 3.63) is 45.9 Å². The van der Waals surface area contributed by atoms with Crippen molar-refractivity contribution in [2.45, 2.75) is 38.5 Å². The average Bonchev–Trinajstić information content (AvgIpc) is 2.38. The van der Waals surface area contributed by atoms with Crippen molar-refractivity contribution in [1.29, 1.82) is 0 Å². The molecule has 0 bridgehead atoms. The van der Waals surface area contributed by atoms with Crippen LogP contribution >= 0.6 is 11.8 Å². The molecule has 0 saturated heterocycles. The lowest BCUT2D eigenvalue weighted by molar-refractivity contribution is 0.815. The van der Waals surface area contributed by atoms with Gasteiger partial charge in [0.2, 0.25) is 0 Å². The maximum atomic E-state index is 12.1. The summed E-state index contributed by atoms with van der Waals surface area (Å²) >= 11 is 1.80. The Hall–Kier alpha value is -1.55. The number of aromatic amines is 1. The van der Waals surface area contributed by atoms with Gasteiger partial charge in [0.15, 0.2) is 0 Å². The number of thioether (sulfide) groups is 1. The van der Waals surface area contributed by atoms with Crippen LogP contribution in [0.2, 0.25) is 0 Å². The SMILES string of the molecule is CCSc1ccc(-c2nc(C)c(C(C)C)c(=O)[nH]2)cc1. The molecule has 0 saturated carbocycles. The first-order valence-corrected chi connectivity index (χ1v) is 7.85. The summed E-state index contributed by atoms with van der Waals surface area (Å²) in [6, 6.07) is 8.14. The summed E-state index contributed by atoms with van der Waals surface area (Å²) in [5.74, 6) is 1.88. The highest BCUT2D eigenvalue weighted by Gasteiger charge is 2.12. The molecule has 1 N–H and O–H groups in total. The van der Waals surface area contributed by atoms with Crippen LogP contribution in [-0.4, -0.2) is 15.7 Å². The Balaban J connectivity index is 2.41. The molecule has 20 heavy (non-hydrogen) atoms. The number of nitrogens with zero attached hydrogens (tertiary/aromatic N) is 1. The molecule has 0 amide bonds. The molecule has 0 fully saturated rings. The highest BCUT2D eigenvalue weighted by atomic mass is 32.2. The maximum Gasteiger partial charge on any atom is 0.254 e. The van der Waals surface area contributed by atoms with Crippen molar-refractivity contribution in [3.8, 4) is 11.4 Å². The van der Waals surface area contributed by atoms with E-state index in [1.165, 1.54) is 4.90 Å². The molecule has 0 spiro atoms. The number of H-pyrrole nitrogens is 1. The zero-order valence-electron chi connectivity index (χ0n) is 12.4. The molecule has 0 aliphatic carbocycles. The van der Waals surface area contributed by atoms with Gasteiger partial charge in [-0.25, -0.2) is 4.98 Å². The van der Waals surface area contributed by atoms with Crippen molar-refractivity contribution in [3.63, 3.8) is 0 Å². The first-order valence-electron chi connectivity index (χ1n) is 6.87. The van der Waals surface area contributed by atoms with Gasteiger partial charge in [0.1, 0.15) is 5.82 Å². The van der Waals surface area contributed by atoms with Gasteiger partial charge in [-0.15, -0.1) is 11.8 Å². The molecule has 2 aromatic rings. The summed E-state index contributed by atoms with van der Waals surface area (Å²) in [5, 5.41) is 0. The lowest BCUT2D eigenvalue weighted by Gasteiger charge is -2.10. The molecule has 2 rings (SSSR count). The van der Waals surface area contributed by atoms with Crippen LogP contribution in [0.1, 0.15) is 37.9 Å². The van der Waals surface area contributed by atoms with Gasteiger partial charge in [-0.2, -0.15) is 0 Å². The molecular weight excluding hydrogens is 268 g/mol. The molecule has 0 atom stereocenters. The molecule has 3 nitrogen and oxygen atoms in total. The van der Waals surface area contributed by atoms with E-state index in [1.807, 2.05) is 32.9 Å². The Morgan fingerprint density at radius 2 is 1.90 bits per heavy atom. The molecule has 0 radical (unpaired) electrons. The third-order valence-electron chi connectivity index (χ3n) is 3.16. The Kier molecular flexibility index (Phi) is 4.65. The van der Waals surface area contributed by atoms with Gasteiger partial charge in [0.25, 0.3) is 5.56 Å². The summed E-state index contributed by atoms with van der Waals surface area (Å²) in [6.45, 7) is 8.05. The summed E-state index contributed by atoms with van der Waals surface area (Å²) in [5.41, 5.74) is 2.49. The fourth-order valence-electron chi connectivity index (χ4n) is 2.29. The largest absolute Gasteiger partial charge is 0.306 e. The monoisotopic (exact) mass is 288 g/mol. The quantitative estimate of drug-likeness (QED) is 0.866. The van der Waals surface area contributed by atoms with E-state index in [0.717, 1.165) is 22.6 Å². The first-order chi connectivity index (χ1) is 9.52. The lowest BCUT2D eigenvalue weighted by atomic mass is 10.0. The summed E-state index contributed by atoms with van der Waals surface area (Å²) in [7, 11) is 0. The van der Waals surface area contributed by atoms with Crippen LogP contribution in [0, 0.1) is 6.92 Å². The Labute approximate surface area is 123 Å². The minimum absolute atomic E-state index is 0.0329. The van der Waals surface area contributed by atoms with E-state index in [0.29, 0.717) is 5.82 Å². The predicted octanol–water partition coefficient (Wildman–Crippen LogP) is 3.98. The number of nitrogens with one attached hydrogen (secondary N) is 1. The Morgan fingerprint density at radius 3 is 2.40 bits per heavy atom. The zero-order chi connectivity index (χ0) is 14.7. The molecule has 1 aromatic carbocycles. The number of aromatic nitrogens is 2. The lowest BCUT2D eigenvalue weighted by Crippen LogP contribution is -2.18. The number of hydrogen-bond donors (Lipinski definition) is 1. The third-order valence-corrected chi connectivity index (χ3v) is 4.06. The molecule has 1 heterocycles. The van der Waals surface area contributed by atoms with E-state index in [-0.39, 0.29) is 11.5 Å². The van der Waals surface area contributed by atoms with E-state index in [4.69, 9.17) is 0 Å². The second-order valence-electron chi connectivity index (χ2n) is 5.03. The van der Waals surface area contributed by atoms with Crippen molar-refractivity contribution in [1.82, 2.24) is 9.97 Å². The van der Waals surface area contributed by atoms with Crippen LogP contribution in [0.4, 0.5) is 0 Å². The Bertz CT molecular complexity index is 645. The van der Waals surface area contributed by atoms with E-state index < -0.39 is 0 Å². The molecule has 106 valence electrons. The molecule has 0 aliphatic rings. The van der Waals surface area contributed by atoms with Crippen LogP contribution < -0.4 is 5.56 Å². The second kappa shape index (κ2) is 6.27. The first kappa shape index (κ1) is 14.9. The van der Waals surface area contributed by atoms with Crippen molar-refractivity contribution in [2.75, 3.05) is 5.75 Å². The van der Waals surface area contributed by atoms with Gasteiger partial charge < -0.3 is 4.98 Å². The van der Waals surface area contributed by atoms with Crippen LogP contribution in [0.5, 0.6) is 0 Å². The highest BCUT2D eigenvalue weighted by molar-refractivity contribution is 7.99. The van der Waals surface area contributed by atoms with Crippen molar-refractivity contribution < 1.29 is 0 Å². The average molecular weight is 288 g/mol. The van der Waals surface area contributed by atoms with Gasteiger partial charge >= 0.3 is 0 Å². The maximum absolute atomic E-state index is 12.1. The number of aryl methyl sites for hydroxylation is 1.